The van der Waals surface area contributed by atoms with Gasteiger partial charge in [-0.05, 0) is 80.6 Å². The summed E-state index contributed by atoms with van der Waals surface area (Å²) >= 11 is 0. The Morgan fingerprint density at radius 1 is 1.06 bits per heavy atom. The molecule has 2 heterocycles. The number of nitrogens with zero attached hydrogens (tertiary/aromatic N) is 2. The molecular weight excluding hydrogens is 414 g/mol. The first-order valence-electron chi connectivity index (χ1n) is 12.0. The zero-order valence-corrected chi connectivity index (χ0v) is 18.9. The number of anilines is 1. The molecule has 0 bridgehead atoms. The summed E-state index contributed by atoms with van der Waals surface area (Å²) in [4.78, 5) is 30.2. The first-order chi connectivity index (χ1) is 16.2. The van der Waals surface area contributed by atoms with Crippen molar-refractivity contribution in [3.63, 3.8) is 0 Å². The number of nitrogens with one attached hydrogen (secondary N) is 3. The van der Waals surface area contributed by atoms with Crippen LogP contribution < -0.4 is 16.0 Å². The topological polar surface area (TPSA) is 88.1 Å². The number of rotatable bonds is 7. The van der Waals surface area contributed by atoms with Gasteiger partial charge in [-0.1, -0.05) is 18.2 Å². The average molecular weight is 446 g/mol. The first kappa shape index (κ1) is 21.6. The van der Waals surface area contributed by atoms with Crippen molar-refractivity contribution in [3.05, 3.63) is 59.4 Å². The molecule has 2 aliphatic rings. The third kappa shape index (κ3) is 4.93. The van der Waals surface area contributed by atoms with Gasteiger partial charge < -0.3 is 20.5 Å². The number of benzene rings is 2. The molecule has 1 fully saturated rings. The summed E-state index contributed by atoms with van der Waals surface area (Å²) < 4.78 is 1.97. The van der Waals surface area contributed by atoms with Gasteiger partial charge in [-0.25, -0.2) is 4.98 Å². The molecule has 172 valence electrons. The monoisotopic (exact) mass is 445 g/mol. The van der Waals surface area contributed by atoms with Gasteiger partial charge in [0.15, 0.2) is 0 Å². The van der Waals surface area contributed by atoms with Crippen molar-refractivity contribution >= 4 is 28.5 Å². The average Bonchev–Trinajstić information content (AvgIpc) is 3.44. The van der Waals surface area contributed by atoms with E-state index in [0.717, 1.165) is 61.3 Å². The molecule has 5 rings (SSSR count). The van der Waals surface area contributed by atoms with Crippen LogP contribution >= 0.6 is 0 Å². The predicted octanol–water partition coefficient (Wildman–Crippen LogP) is 2.82. The second-order valence-corrected chi connectivity index (χ2v) is 9.05. The van der Waals surface area contributed by atoms with Crippen LogP contribution in [0.15, 0.2) is 42.5 Å². The van der Waals surface area contributed by atoms with Crippen LogP contribution in [0.3, 0.4) is 0 Å². The van der Waals surface area contributed by atoms with E-state index >= 15 is 0 Å². The summed E-state index contributed by atoms with van der Waals surface area (Å²) in [5.41, 5.74) is 5.37. The number of carbonyl (C=O) groups is 2. The maximum Gasteiger partial charge on any atom is 0.244 e. The second-order valence-electron chi connectivity index (χ2n) is 9.05. The van der Waals surface area contributed by atoms with Crippen molar-refractivity contribution in [1.29, 1.82) is 0 Å². The zero-order valence-electron chi connectivity index (χ0n) is 18.9. The van der Waals surface area contributed by atoms with E-state index in [1.807, 2.05) is 34.9 Å². The van der Waals surface area contributed by atoms with Crippen molar-refractivity contribution in [3.8, 4) is 0 Å². The van der Waals surface area contributed by atoms with E-state index in [1.54, 1.807) is 0 Å². The minimum absolute atomic E-state index is 0.0731. The number of aryl methyl sites for hydroxylation is 2. The second kappa shape index (κ2) is 9.75. The van der Waals surface area contributed by atoms with Crippen molar-refractivity contribution in [2.75, 3.05) is 25.0 Å². The van der Waals surface area contributed by atoms with E-state index in [4.69, 9.17) is 4.98 Å². The summed E-state index contributed by atoms with van der Waals surface area (Å²) in [6.07, 6.45) is 5.74. The summed E-state index contributed by atoms with van der Waals surface area (Å²) in [7, 11) is 0. The van der Waals surface area contributed by atoms with Crippen LogP contribution in [-0.4, -0.2) is 41.0 Å². The normalized spacial score (nSPS) is 16.0. The summed E-state index contributed by atoms with van der Waals surface area (Å²) in [5, 5.41) is 9.42. The maximum atomic E-state index is 12.9. The number of hydrogen-bond donors (Lipinski definition) is 3. The summed E-state index contributed by atoms with van der Waals surface area (Å²) in [6.45, 7) is 2.49. The third-order valence-electron chi connectivity index (χ3n) is 6.78. The van der Waals surface area contributed by atoms with Gasteiger partial charge in [0.2, 0.25) is 11.8 Å². The fourth-order valence-electron chi connectivity index (χ4n) is 5.01. The van der Waals surface area contributed by atoms with E-state index < -0.39 is 0 Å². The Morgan fingerprint density at radius 3 is 2.76 bits per heavy atom. The Hall–Kier alpha value is -3.19. The smallest absolute Gasteiger partial charge is 0.244 e. The van der Waals surface area contributed by atoms with Crippen molar-refractivity contribution in [1.82, 2.24) is 20.2 Å². The molecule has 3 aromatic rings. The summed E-state index contributed by atoms with van der Waals surface area (Å²) in [5.74, 6) is 0.943. The van der Waals surface area contributed by atoms with E-state index in [0.29, 0.717) is 13.0 Å². The van der Waals surface area contributed by atoms with Gasteiger partial charge in [0.25, 0.3) is 0 Å². The van der Waals surface area contributed by atoms with Crippen LogP contribution in [0.5, 0.6) is 0 Å². The fourth-order valence-corrected chi connectivity index (χ4v) is 5.01. The number of aromatic nitrogens is 2. The Balaban J connectivity index is 1.26. The van der Waals surface area contributed by atoms with Crippen LogP contribution in [0.4, 0.5) is 5.69 Å². The fraction of sp³-hybridized carbons (Fsp3) is 0.423. The SMILES string of the molecule is O=C(Cn1c(CCNC(=O)C2CCNCC2)nc2ccccc21)Nc1ccc2c(c1)CCC2. The largest absolute Gasteiger partial charge is 0.355 e. The highest BCUT2D eigenvalue weighted by molar-refractivity contribution is 5.92. The van der Waals surface area contributed by atoms with Gasteiger partial charge in [-0.3, -0.25) is 9.59 Å². The van der Waals surface area contributed by atoms with E-state index in [-0.39, 0.29) is 24.3 Å². The predicted molar refractivity (Wildman–Crippen MR) is 129 cm³/mol. The molecule has 0 radical (unpaired) electrons. The highest BCUT2D eigenvalue weighted by atomic mass is 16.2. The molecular formula is C26H31N5O2. The van der Waals surface area contributed by atoms with Crippen LogP contribution in [0.25, 0.3) is 11.0 Å². The Morgan fingerprint density at radius 2 is 1.88 bits per heavy atom. The van der Waals surface area contributed by atoms with Crippen LogP contribution in [-0.2, 0) is 35.4 Å². The quantitative estimate of drug-likeness (QED) is 0.522. The molecule has 33 heavy (non-hydrogen) atoms. The minimum atomic E-state index is -0.0731. The molecule has 7 nitrogen and oxygen atoms in total. The number of piperidine rings is 1. The number of fused-ring (bicyclic) bond motifs is 2. The van der Waals surface area contributed by atoms with Crippen LogP contribution in [0, 0.1) is 5.92 Å². The first-order valence-corrected chi connectivity index (χ1v) is 12.0. The number of imidazole rings is 1. The molecule has 0 saturated carbocycles. The van der Waals surface area contributed by atoms with Gasteiger partial charge in [0.05, 0.1) is 11.0 Å². The lowest BCUT2D eigenvalue weighted by Gasteiger charge is -2.21. The number of amides is 2. The van der Waals surface area contributed by atoms with Crippen molar-refractivity contribution in [2.45, 2.75) is 45.1 Å². The standard InChI is InChI=1S/C26H31N5O2/c32-25(29-21-9-8-18-4-3-5-20(18)16-21)17-31-23-7-2-1-6-22(23)30-24(31)12-15-28-26(33)19-10-13-27-14-11-19/h1-2,6-9,16,19,27H,3-5,10-15,17H2,(H,28,33)(H,29,32). The Kier molecular flexibility index (Phi) is 6.39. The highest BCUT2D eigenvalue weighted by Gasteiger charge is 2.21. The van der Waals surface area contributed by atoms with Gasteiger partial charge in [0, 0.05) is 24.6 Å². The van der Waals surface area contributed by atoms with E-state index in [1.165, 1.54) is 17.5 Å². The Labute approximate surface area is 194 Å². The third-order valence-corrected chi connectivity index (χ3v) is 6.78. The van der Waals surface area contributed by atoms with Crippen LogP contribution in [0.2, 0.25) is 0 Å². The lowest BCUT2D eigenvalue weighted by Crippen LogP contribution is -2.39. The molecule has 1 saturated heterocycles. The molecule has 1 aliphatic carbocycles. The molecule has 2 amide bonds. The summed E-state index contributed by atoms with van der Waals surface area (Å²) in [6, 6.07) is 14.1. The van der Waals surface area contributed by atoms with Gasteiger partial charge in [-0.15, -0.1) is 0 Å². The molecule has 0 unspecified atom stereocenters. The zero-order chi connectivity index (χ0) is 22.6. The number of hydrogen-bond acceptors (Lipinski definition) is 4. The van der Waals surface area contributed by atoms with Crippen molar-refractivity contribution < 1.29 is 9.59 Å². The van der Waals surface area contributed by atoms with Crippen LogP contribution in [0.1, 0.15) is 36.2 Å². The minimum Gasteiger partial charge on any atom is -0.355 e. The lowest BCUT2D eigenvalue weighted by molar-refractivity contribution is -0.125. The molecule has 1 aromatic heterocycles. The highest BCUT2D eigenvalue weighted by Crippen LogP contribution is 2.25. The van der Waals surface area contributed by atoms with Gasteiger partial charge in [0.1, 0.15) is 12.4 Å². The van der Waals surface area contributed by atoms with Gasteiger partial charge in [-0.2, -0.15) is 0 Å². The van der Waals surface area contributed by atoms with Gasteiger partial charge >= 0.3 is 0 Å². The van der Waals surface area contributed by atoms with Crippen molar-refractivity contribution in [2.24, 2.45) is 5.92 Å². The lowest BCUT2D eigenvalue weighted by atomic mass is 9.97. The molecule has 2 aromatic carbocycles. The molecule has 0 spiro atoms. The Bertz CT molecular complexity index is 1160. The molecule has 3 N–H and O–H groups in total. The molecule has 0 atom stereocenters. The van der Waals surface area contributed by atoms with E-state index in [9.17, 15) is 9.59 Å². The molecule has 1 aliphatic heterocycles. The number of para-hydroxylation sites is 2. The van der Waals surface area contributed by atoms with E-state index in [2.05, 4.69) is 28.1 Å². The molecule has 7 heteroatoms. The maximum absolute atomic E-state index is 12.9. The number of carbonyl (C=O) groups excluding carboxylic acids is 2.